The third kappa shape index (κ3) is 7.36. The summed E-state index contributed by atoms with van der Waals surface area (Å²) in [5.41, 5.74) is 0.378. The van der Waals surface area contributed by atoms with E-state index in [1.807, 2.05) is 0 Å². The van der Waals surface area contributed by atoms with E-state index in [0.29, 0.717) is 12.2 Å². The maximum absolute atomic E-state index is 11.5. The smallest absolute Gasteiger partial charge is 0.370 e. The van der Waals surface area contributed by atoms with Crippen LogP contribution in [0.15, 0.2) is 30.3 Å². The first kappa shape index (κ1) is 17.0. The minimum absolute atomic E-state index is 0.122. The Labute approximate surface area is 126 Å². The first-order chi connectivity index (χ1) is 10.1. The highest BCUT2D eigenvalue weighted by molar-refractivity contribution is 8.13. The molecule has 0 N–H and O–H groups in total. The second kappa shape index (κ2) is 9.82. The minimum atomic E-state index is -0.611. The van der Waals surface area contributed by atoms with E-state index in [1.165, 1.54) is 0 Å². The predicted octanol–water partition coefficient (Wildman–Crippen LogP) is 2.62. The van der Waals surface area contributed by atoms with E-state index in [4.69, 9.17) is 14.2 Å². The van der Waals surface area contributed by atoms with Gasteiger partial charge in [0.15, 0.2) is 0 Å². The van der Waals surface area contributed by atoms with Crippen LogP contribution in [0.25, 0.3) is 0 Å². The molecule has 0 fully saturated rings. The van der Waals surface area contributed by atoms with Crippen LogP contribution in [0.4, 0.5) is 4.79 Å². The lowest BCUT2D eigenvalue weighted by Crippen LogP contribution is -2.11. The predicted molar refractivity (Wildman–Crippen MR) is 76.9 cm³/mol. The van der Waals surface area contributed by atoms with Crippen molar-refractivity contribution < 1.29 is 28.6 Å². The zero-order chi connectivity index (χ0) is 15.5. The highest BCUT2D eigenvalue weighted by atomic mass is 32.2. The fourth-order valence-electron chi connectivity index (χ4n) is 1.28. The first-order valence-corrected chi connectivity index (χ1v) is 7.29. The number of carbonyl (C=O) groups is 3. The van der Waals surface area contributed by atoms with E-state index in [2.05, 4.69) is 0 Å². The van der Waals surface area contributed by atoms with Crippen LogP contribution >= 0.6 is 11.8 Å². The normalized spacial score (nSPS) is 9.76. The summed E-state index contributed by atoms with van der Waals surface area (Å²) in [4.78, 5) is 33.8. The van der Waals surface area contributed by atoms with Crippen molar-refractivity contribution in [3.63, 3.8) is 0 Å². The zero-order valence-electron chi connectivity index (χ0n) is 11.6. The van der Waals surface area contributed by atoms with Gasteiger partial charge in [-0.1, -0.05) is 18.2 Å². The molecule has 0 bridgehead atoms. The highest BCUT2D eigenvalue weighted by Crippen LogP contribution is 2.08. The SMILES string of the molecule is CCOC(=O)CCSC(=O)OCOC(=O)c1ccccc1. The summed E-state index contributed by atoms with van der Waals surface area (Å²) in [5.74, 6) is -0.683. The Balaban J connectivity index is 2.13. The number of hydrogen-bond acceptors (Lipinski definition) is 7. The number of hydrogen-bond donors (Lipinski definition) is 0. The molecule has 0 aliphatic rings. The molecule has 1 rings (SSSR count). The molecule has 0 heterocycles. The molecule has 0 aliphatic heterocycles. The molecule has 0 radical (unpaired) electrons. The average Bonchev–Trinajstić information content (AvgIpc) is 2.48. The van der Waals surface area contributed by atoms with Crippen LogP contribution in [0.3, 0.4) is 0 Å². The fourth-order valence-corrected chi connectivity index (χ4v) is 1.85. The molecule has 0 amide bonds. The van der Waals surface area contributed by atoms with E-state index in [1.54, 1.807) is 37.3 Å². The Bertz CT molecular complexity index is 474. The molecule has 21 heavy (non-hydrogen) atoms. The summed E-state index contributed by atoms with van der Waals surface area (Å²) in [5, 5.41) is -0.611. The van der Waals surface area contributed by atoms with Crippen LogP contribution in [-0.2, 0) is 19.0 Å². The molecule has 114 valence electrons. The van der Waals surface area contributed by atoms with E-state index < -0.39 is 18.1 Å². The number of rotatable bonds is 7. The summed E-state index contributed by atoms with van der Waals surface area (Å²) in [6.45, 7) is 1.56. The maximum Gasteiger partial charge on any atom is 0.370 e. The lowest BCUT2D eigenvalue weighted by molar-refractivity contribution is -0.142. The summed E-state index contributed by atoms with van der Waals surface area (Å²) >= 11 is 0.825. The van der Waals surface area contributed by atoms with Crippen LogP contribution in [0.5, 0.6) is 0 Å². The minimum Gasteiger partial charge on any atom is -0.466 e. The Morgan fingerprint density at radius 3 is 2.43 bits per heavy atom. The van der Waals surface area contributed by atoms with Crippen molar-refractivity contribution in [3.8, 4) is 0 Å². The molecule has 1 aromatic carbocycles. The molecule has 0 saturated carbocycles. The highest BCUT2D eigenvalue weighted by Gasteiger charge is 2.10. The van der Waals surface area contributed by atoms with E-state index >= 15 is 0 Å². The maximum atomic E-state index is 11.5. The first-order valence-electron chi connectivity index (χ1n) is 6.30. The molecule has 0 unspecified atom stereocenters. The molecule has 0 saturated heterocycles. The van der Waals surface area contributed by atoms with Crippen LogP contribution in [0.1, 0.15) is 23.7 Å². The molecule has 1 aromatic rings. The van der Waals surface area contributed by atoms with Crippen molar-refractivity contribution in [2.24, 2.45) is 0 Å². The van der Waals surface area contributed by atoms with Gasteiger partial charge in [-0.15, -0.1) is 0 Å². The van der Waals surface area contributed by atoms with Crippen LogP contribution in [0.2, 0.25) is 0 Å². The summed E-state index contributed by atoms with van der Waals surface area (Å²) in [6, 6.07) is 8.37. The fraction of sp³-hybridized carbons (Fsp3) is 0.357. The number of thioether (sulfide) groups is 1. The van der Waals surface area contributed by atoms with Gasteiger partial charge in [0.1, 0.15) is 0 Å². The van der Waals surface area contributed by atoms with Crippen molar-refractivity contribution in [3.05, 3.63) is 35.9 Å². The molecule has 6 nitrogen and oxygen atoms in total. The van der Waals surface area contributed by atoms with Gasteiger partial charge in [0.2, 0.25) is 6.79 Å². The summed E-state index contributed by atoms with van der Waals surface area (Å²) < 4.78 is 14.2. The van der Waals surface area contributed by atoms with Gasteiger partial charge in [-0.3, -0.25) is 4.79 Å². The molecule has 0 aromatic heterocycles. The summed E-state index contributed by atoms with van der Waals surface area (Å²) in [6.07, 6.45) is 0.122. The van der Waals surface area contributed by atoms with Crippen LogP contribution in [0, 0.1) is 0 Å². The third-order valence-electron chi connectivity index (χ3n) is 2.21. The Morgan fingerprint density at radius 2 is 1.76 bits per heavy atom. The van der Waals surface area contributed by atoms with Gasteiger partial charge in [-0.25, -0.2) is 9.59 Å². The van der Waals surface area contributed by atoms with E-state index in [0.717, 1.165) is 11.8 Å². The van der Waals surface area contributed by atoms with Gasteiger partial charge < -0.3 is 14.2 Å². The lowest BCUT2D eigenvalue weighted by atomic mass is 10.2. The monoisotopic (exact) mass is 312 g/mol. The number of ether oxygens (including phenoxy) is 3. The Hall–Kier alpha value is -2.02. The van der Waals surface area contributed by atoms with Gasteiger partial charge in [0.05, 0.1) is 18.6 Å². The average molecular weight is 312 g/mol. The van der Waals surface area contributed by atoms with Gasteiger partial charge >= 0.3 is 17.2 Å². The molecule has 0 atom stereocenters. The largest absolute Gasteiger partial charge is 0.466 e. The molecule has 0 spiro atoms. The van der Waals surface area contributed by atoms with Gasteiger partial charge in [-0.2, -0.15) is 0 Å². The van der Waals surface area contributed by atoms with Crippen molar-refractivity contribution in [2.75, 3.05) is 19.2 Å². The topological polar surface area (TPSA) is 78.9 Å². The van der Waals surface area contributed by atoms with E-state index in [-0.39, 0.29) is 18.1 Å². The second-order valence-corrected chi connectivity index (χ2v) is 4.74. The molecular formula is C14H16O6S. The van der Waals surface area contributed by atoms with Crippen molar-refractivity contribution in [1.29, 1.82) is 0 Å². The molecular weight excluding hydrogens is 296 g/mol. The molecule has 7 heteroatoms. The standard InChI is InChI=1S/C14H16O6S/c1-2-18-12(15)8-9-21-14(17)20-10-19-13(16)11-6-4-3-5-7-11/h3-7H,2,8-10H2,1H3. The van der Waals surface area contributed by atoms with Gasteiger partial charge in [0.25, 0.3) is 0 Å². The zero-order valence-corrected chi connectivity index (χ0v) is 12.4. The van der Waals surface area contributed by atoms with E-state index in [9.17, 15) is 14.4 Å². The molecule has 0 aliphatic carbocycles. The lowest BCUT2D eigenvalue weighted by Gasteiger charge is -2.06. The Kier molecular flexibility index (Phi) is 7.96. The van der Waals surface area contributed by atoms with Crippen LogP contribution in [-0.4, -0.2) is 36.4 Å². The number of benzene rings is 1. The summed E-state index contributed by atoms with van der Waals surface area (Å²) in [7, 11) is 0. The Morgan fingerprint density at radius 1 is 1.05 bits per heavy atom. The van der Waals surface area contributed by atoms with Crippen molar-refractivity contribution in [1.82, 2.24) is 0 Å². The van der Waals surface area contributed by atoms with Gasteiger partial charge in [-0.05, 0) is 30.8 Å². The second-order valence-electron chi connectivity index (χ2n) is 3.71. The third-order valence-corrected chi connectivity index (χ3v) is 2.97. The quantitative estimate of drug-likeness (QED) is 0.565. The van der Waals surface area contributed by atoms with Crippen LogP contribution < -0.4 is 0 Å². The van der Waals surface area contributed by atoms with Gasteiger partial charge in [0, 0.05) is 5.75 Å². The van der Waals surface area contributed by atoms with Crippen molar-refractivity contribution in [2.45, 2.75) is 13.3 Å². The number of esters is 2. The number of carbonyl (C=O) groups excluding carboxylic acids is 3. The van der Waals surface area contributed by atoms with Crippen molar-refractivity contribution >= 4 is 29.0 Å².